The summed E-state index contributed by atoms with van der Waals surface area (Å²) >= 11 is 0. The summed E-state index contributed by atoms with van der Waals surface area (Å²) in [5.41, 5.74) is 3.85. The molecule has 1 aromatic heterocycles. The molecular formula is C31H45N3O. The van der Waals surface area contributed by atoms with Gasteiger partial charge in [-0.2, -0.15) is 0 Å². The first-order valence-electron chi connectivity index (χ1n) is 14.1. The summed E-state index contributed by atoms with van der Waals surface area (Å²) in [5.74, 6) is 0.957. The van der Waals surface area contributed by atoms with E-state index in [1.54, 1.807) is 0 Å². The quantitative estimate of drug-likeness (QED) is 0.180. The number of anilines is 1. The van der Waals surface area contributed by atoms with Crippen LogP contribution >= 0.6 is 0 Å². The highest BCUT2D eigenvalue weighted by Crippen LogP contribution is 2.22. The lowest BCUT2D eigenvalue weighted by Gasteiger charge is -2.06. The lowest BCUT2D eigenvalue weighted by molar-refractivity contribution is -0.116. The minimum Gasteiger partial charge on any atom is -0.338 e. The molecule has 0 aliphatic rings. The van der Waals surface area contributed by atoms with E-state index in [0.29, 0.717) is 6.42 Å². The number of hydrogen-bond acceptors (Lipinski definition) is 2. The lowest BCUT2D eigenvalue weighted by Crippen LogP contribution is -2.10. The molecule has 0 atom stereocenters. The van der Waals surface area contributed by atoms with Crippen molar-refractivity contribution in [1.82, 2.24) is 9.97 Å². The number of aromatic nitrogens is 2. The number of benzene rings is 2. The van der Waals surface area contributed by atoms with Crippen LogP contribution in [0.5, 0.6) is 0 Å². The molecular weight excluding hydrogens is 430 g/mol. The maximum atomic E-state index is 12.3. The smallest absolute Gasteiger partial charge is 0.224 e. The van der Waals surface area contributed by atoms with Gasteiger partial charge in [-0.1, -0.05) is 109 Å². The molecule has 3 rings (SSSR count). The molecule has 4 nitrogen and oxygen atoms in total. The normalized spacial score (nSPS) is 11.2. The minimum atomic E-state index is 0.108. The van der Waals surface area contributed by atoms with Crippen molar-refractivity contribution in [2.75, 3.05) is 5.32 Å². The molecule has 4 heteroatoms. The molecule has 1 heterocycles. The maximum absolute atomic E-state index is 12.3. The molecule has 0 bridgehead atoms. The summed E-state index contributed by atoms with van der Waals surface area (Å²) in [4.78, 5) is 20.3. The topological polar surface area (TPSA) is 57.8 Å². The van der Waals surface area contributed by atoms with Crippen LogP contribution in [-0.4, -0.2) is 15.9 Å². The molecule has 0 spiro atoms. The zero-order valence-electron chi connectivity index (χ0n) is 21.8. The van der Waals surface area contributed by atoms with Crippen molar-refractivity contribution in [1.29, 1.82) is 0 Å². The molecule has 2 N–H and O–H groups in total. The first-order chi connectivity index (χ1) is 17.3. The van der Waals surface area contributed by atoms with E-state index in [1.165, 1.54) is 83.5 Å². The second-order valence-corrected chi connectivity index (χ2v) is 9.93. The Kier molecular flexibility index (Phi) is 12.4. The van der Waals surface area contributed by atoms with E-state index in [-0.39, 0.29) is 5.91 Å². The third kappa shape index (κ3) is 10.3. The van der Waals surface area contributed by atoms with Gasteiger partial charge in [0.1, 0.15) is 5.82 Å². The number of amides is 1. The molecule has 0 fully saturated rings. The van der Waals surface area contributed by atoms with Crippen molar-refractivity contribution in [3.8, 4) is 11.4 Å². The van der Waals surface area contributed by atoms with Crippen LogP contribution in [0, 0.1) is 0 Å². The van der Waals surface area contributed by atoms with Gasteiger partial charge in [0.15, 0.2) is 0 Å². The molecule has 0 saturated heterocycles. The Labute approximate surface area is 212 Å². The average Bonchev–Trinajstić information content (AvgIpc) is 3.31. The Balaban J connectivity index is 1.18. The highest BCUT2D eigenvalue weighted by molar-refractivity contribution is 5.91. The zero-order valence-corrected chi connectivity index (χ0v) is 21.8. The predicted octanol–water partition coefficient (Wildman–Crippen LogP) is 9.43. The first-order valence-corrected chi connectivity index (χ1v) is 14.1. The van der Waals surface area contributed by atoms with Crippen LogP contribution in [-0.2, 0) is 4.79 Å². The van der Waals surface area contributed by atoms with Crippen molar-refractivity contribution < 1.29 is 4.79 Å². The fraction of sp³-hybridized carbons (Fsp3) is 0.548. The number of hydrogen-bond donors (Lipinski definition) is 2. The van der Waals surface area contributed by atoms with Crippen LogP contribution in [0.2, 0.25) is 0 Å². The molecule has 1 amide bonds. The molecule has 0 aliphatic heterocycles. The molecule has 35 heavy (non-hydrogen) atoms. The Hall–Kier alpha value is -2.62. The third-order valence-electron chi connectivity index (χ3n) is 6.84. The second-order valence-electron chi connectivity index (χ2n) is 9.93. The van der Waals surface area contributed by atoms with Crippen molar-refractivity contribution in [3.63, 3.8) is 0 Å². The van der Waals surface area contributed by atoms with Crippen LogP contribution in [0.3, 0.4) is 0 Å². The largest absolute Gasteiger partial charge is 0.338 e. The Bertz CT molecular complexity index is 943. The van der Waals surface area contributed by atoms with E-state index in [4.69, 9.17) is 0 Å². The lowest BCUT2D eigenvalue weighted by atomic mass is 10.0. The highest BCUT2D eigenvalue weighted by atomic mass is 16.1. The SMILES string of the molecule is CCCCCCCCCCCCCCCCCC(=O)Nc1ccc(-c2nc3ccccc3[nH]2)cc1. The van der Waals surface area contributed by atoms with Crippen LogP contribution in [0.1, 0.15) is 110 Å². The molecule has 2 aromatic carbocycles. The van der Waals surface area contributed by atoms with Gasteiger partial charge < -0.3 is 10.3 Å². The zero-order chi connectivity index (χ0) is 24.6. The number of carbonyl (C=O) groups is 1. The fourth-order valence-corrected chi connectivity index (χ4v) is 4.68. The summed E-state index contributed by atoms with van der Waals surface area (Å²) in [6.07, 6.45) is 20.7. The first kappa shape index (κ1) is 27.0. The monoisotopic (exact) mass is 475 g/mol. The van der Waals surface area contributed by atoms with Gasteiger partial charge >= 0.3 is 0 Å². The highest BCUT2D eigenvalue weighted by Gasteiger charge is 2.06. The third-order valence-corrected chi connectivity index (χ3v) is 6.84. The van der Waals surface area contributed by atoms with Gasteiger partial charge in [-0.05, 0) is 42.8 Å². The number of fused-ring (bicyclic) bond motifs is 1. The number of carbonyl (C=O) groups excluding carboxylic acids is 1. The Morgan fingerprint density at radius 3 is 1.83 bits per heavy atom. The van der Waals surface area contributed by atoms with E-state index in [1.807, 2.05) is 48.5 Å². The number of rotatable bonds is 18. The van der Waals surface area contributed by atoms with Gasteiger partial charge in [0.2, 0.25) is 5.91 Å². The summed E-state index contributed by atoms with van der Waals surface area (Å²) < 4.78 is 0. The van der Waals surface area contributed by atoms with Crippen molar-refractivity contribution in [2.24, 2.45) is 0 Å². The number of aromatic amines is 1. The molecule has 0 unspecified atom stereocenters. The van der Waals surface area contributed by atoms with E-state index in [0.717, 1.165) is 41.0 Å². The Morgan fingerprint density at radius 1 is 0.714 bits per heavy atom. The second kappa shape index (κ2) is 16.1. The number of nitrogens with zero attached hydrogens (tertiary/aromatic N) is 1. The predicted molar refractivity (Wildman–Crippen MR) is 150 cm³/mol. The van der Waals surface area contributed by atoms with E-state index in [9.17, 15) is 4.79 Å². The molecule has 190 valence electrons. The number of H-pyrrole nitrogens is 1. The molecule has 3 aromatic rings. The average molecular weight is 476 g/mol. The summed E-state index contributed by atoms with van der Waals surface area (Å²) in [5, 5.41) is 3.03. The van der Waals surface area contributed by atoms with Gasteiger partial charge in [-0.15, -0.1) is 0 Å². The van der Waals surface area contributed by atoms with Gasteiger partial charge in [0.05, 0.1) is 11.0 Å². The van der Waals surface area contributed by atoms with E-state index >= 15 is 0 Å². The summed E-state index contributed by atoms with van der Waals surface area (Å²) in [6.45, 7) is 2.28. The number of unbranched alkanes of at least 4 members (excludes halogenated alkanes) is 14. The van der Waals surface area contributed by atoms with Crippen LogP contribution in [0.15, 0.2) is 48.5 Å². The molecule has 0 saturated carbocycles. The molecule has 0 aliphatic carbocycles. The van der Waals surface area contributed by atoms with Crippen molar-refractivity contribution in [2.45, 2.75) is 110 Å². The van der Waals surface area contributed by atoms with Crippen molar-refractivity contribution >= 4 is 22.6 Å². The van der Waals surface area contributed by atoms with E-state index in [2.05, 4.69) is 22.2 Å². The number of nitrogens with one attached hydrogen (secondary N) is 2. The maximum Gasteiger partial charge on any atom is 0.224 e. The van der Waals surface area contributed by atoms with E-state index < -0.39 is 0 Å². The van der Waals surface area contributed by atoms with Crippen LogP contribution in [0.4, 0.5) is 5.69 Å². The fourth-order valence-electron chi connectivity index (χ4n) is 4.68. The van der Waals surface area contributed by atoms with Gasteiger partial charge in [0, 0.05) is 17.7 Å². The van der Waals surface area contributed by atoms with Gasteiger partial charge in [-0.3, -0.25) is 4.79 Å². The summed E-state index contributed by atoms with van der Waals surface area (Å²) in [7, 11) is 0. The van der Waals surface area contributed by atoms with Crippen LogP contribution < -0.4 is 5.32 Å². The number of imidazole rings is 1. The van der Waals surface area contributed by atoms with Crippen molar-refractivity contribution in [3.05, 3.63) is 48.5 Å². The number of para-hydroxylation sites is 2. The van der Waals surface area contributed by atoms with Gasteiger partial charge in [0.25, 0.3) is 0 Å². The van der Waals surface area contributed by atoms with Crippen LogP contribution in [0.25, 0.3) is 22.4 Å². The molecule has 0 radical (unpaired) electrons. The minimum absolute atomic E-state index is 0.108. The summed E-state index contributed by atoms with van der Waals surface area (Å²) in [6, 6.07) is 15.9. The standard InChI is InChI=1S/C31H45N3O/c1-2-3-4-5-6-7-8-9-10-11-12-13-14-15-16-21-30(35)32-27-24-22-26(23-25-27)31-33-28-19-17-18-20-29(28)34-31/h17-20,22-25H,2-16,21H2,1H3,(H,32,35)(H,33,34). The van der Waals surface area contributed by atoms with Gasteiger partial charge in [-0.25, -0.2) is 4.98 Å². The Morgan fingerprint density at radius 2 is 1.26 bits per heavy atom.